The van der Waals surface area contributed by atoms with Crippen LogP contribution in [0.4, 0.5) is 5.82 Å². The highest BCUT2D eigenvalue weighted by Crippen LogP contribution is 2.37. The standard InChI is InChI=1S/C13H19N7/c1-2-4-13(5-3-1)10-14-6-7-19(13)12-9-15-8-11-16-17-18-20(11)12/h8-9,14H,1-7,10H2. The van der Waals surface area contributed by atoms with Crippen molar-refractivity contribution in [3.05, 3.63) is 12.4 Å². The third-order valence-electron chi connectivity index (χ3n) is 4.69. The molecule has 1 spiro atoms. The predicted molar refractivity (Wildman–Crippen MR) is 74.6 cm³/mol. The van der Waals surface area contributed by atoms with Crippen LogP contribution in [0.2, 0.25) is 0 Å². The Bertz CT molecular complexity index is 593. The van der Waals surface area contributed by atoms with Crippen molar-refractivity contribution in [3.63, 3.8) is 0 Å². The van der Waals surface area contributed by atoms with E-state index < -0.39 is 0 Å². The SMILES string of the molecule is c1ncc2nnnn2c1N1CCNCC12CCCCC2. The van der Waals surface area contributed by atoms with E-state index in [2.05, 4.69) is 30.7 Å². The molecule has 1 aliphatic heterocycles. The van der Waals surface area contributed by atoms with E-state index in [9.17, 15) is 0 Å². The zero-order valence-corrected chi connectivity index (χ0v) is 11.5. The zero-order chi connectivity index (χ0) is 13.4. The summed E-state index contributed by atoms with van der Waals surface area (Å²) in [5, 5.41) is 15.5. The molecule has 0 amide bonds. The monoisotopic (exact) mass is 273 g/mol. The third kappa shape index (κ3) is 1.76. The maximum Gasteiger partial charge on any atom is 0.199 e. The van der Waals surface area contributed by atoms with Crippen LogP contribution in [0.25, 0.3) is 5.65 Å². The fraction of sp³-hybridized carbons (Fsp3) is 0.692. The van der Waals surface area contributed by atoms with Gasteiger partial charge in [-0.3, -0.25) is 4.98 Å². The molecule has 2 fully saturated rings. The number of anilines is 1. The van der Waals surface area contributed by atoms with Crippen molar-refractivity contribution >= 4 is 11.5 Å². The fourth-order valence-electron chi connectivity index (χ4n) is 3.71. The summed E-state index contributed by atoms with van der Waals surface area (Å²) in [5.74, 6) is 1.02. The van der Waals surface area contributed by atoms with Gasteiger partial charge in [0.2, 0.25) is 0 Å². The van der Waals surface area contributed by atoms with Crippen molar-refractivity contribution in [2.45, 2.75) is 37.6 Å². The van der Waals surface area contributed by atoms with Gasteiger partial charge in [-0.05, 0) is 23.3 Å². The minimum absolute atomic E-state index is 0.207. The van der Waals surface area contributed by atoms with Gasteiger partial charge >= 0.3 is 0 Å². The van der Waals surface area contributed by atoms with Crippen LogP contribution in [0.1, 0.15) is 32.1 Å². The fourth-order valence-corrected chi connectivity index (χ4v) is 3.71. The molecule has 0 bridgehead atoms. The Morgan fingerprint density at radius 1 is 1.15 bits per heavy atom. The van der Waals surface area contributed by atoms with Gasteiger partial charge in [0, 0.05) is 19.6 Å². The highest BCUT2D eigenvalue weighted by Gasteiger charge is 2.40. The Labute approximate surface area is 117 Å². The van der Waals surface area contributed by atoms with Crippen LogP contribution in [0.3, 0.4) is 0 Å². The lowest BCUT2D eigenvalue weighted by Gasteiger charge is -2.50. The van der Waals surface area contributed by atoms with Gasteiger partial charge in [0.05, 0.1) is 17.9 Å². The number of hydrogen-bond acceptors (Lipinski definition) is 6. The molecule has 1 saturated heterocycles. The van der Waals surface area contributed by atoms with Crippen LogP contribution >= 0.6 is 0 Å². The molecule has 4 rings (SSSR count). The minimum atomic E-state index is 0.207. The molecule has 1 aliphatic carbocycles. The van der Waals surface area contributed by atoms with Gasteiger partial charge in [-0.1, -0.05) is 19.3 Å². The van der Waals surface area contributed by atoms with E-state index in [1.807, 2.05) is 10.7 Å². The highest BCUT2D eigenvalue weighted by molar-refractivity contribution is 5.49. The first-order chi connectivity index (χ1) is 9.89. The largest absolute Gasteiger partial charge is 0.347 e. The minimum Gasteiger partial charge on any atom is -0.347 e. The first-order valence-electron chi connectivity index (χ1n) is 7.40. The third-order valence-corrected chi connectivity index (χ3v) is 4.69. The molecule has 1 saturated carbocycles. The number of nitrogens with one attached hydrogen (secondary N) is 1. The van der Waals surface area contributed by atoms with Crippen molar-refractivity contribution < 1.29 is 0 Å². The number of hydrogen-bond donors (Lipinski definition) is 1. The van der Waals surface area contributed by atoms with E-state index >= 15 is 0 Å². The van der Waals surface area contributed by atoms with E-state index in [1.165, 1.54) is 32.1 Å². The van der Waals surface area contributed by atoms with Crippen LogP contribution in [0.15, 0.2) is 12.4 Å². The zero-order valence-electron chi connectivity index (χ0n) is 11.5. The summed E-state index contributed by atoms with van der Waals surface area (Å²) in [6, 6.07) is 0. The molecule has 3 heterocycles. The molecule has 7 nitrogen and oxygen atoms in total. The average Bonchev–Trinajstić information content (AvgIpc) is 2.97. The summed E-state index contributed by atoms with van der Waals surface area (Å²) < 4.78 is 1.81. The summed E-state index contributed by atoms with van der Waals surface area (Å²) in [5.41, 5.74) is 0.922. The van der Waals surface area contributed by atoms with Crippen molar-refractivity contribution in [1.82, 2.24) is 30.3 Å². The molecule has 7 heteroatoms. The molecule has 0 atom stereocenters. The van der Waals surface area contributed by atoms with Gasteiger partial charge < -0.3 is 10.2 Å². The number of nitrogens with zero attached hydrogens (tertiary/aromatic N) is 6. The summed E-state index contributed by atoms with van der Waals surface area (Å²) >= 11 is 0. The molecule has 0 aromatic carbocycles. The second-order valence-corrected chi connectivity index (χ2v) is 5.83. The molecule has 0 unspecified atom stereocenters. The molecule has 2 aliphatic rings. The maximum absolute atomic E-state index is 4.31. The normalized spacial score (nSPS) is 22.5. The number of aromatic nitrogens is 5. The summed E-state index contributed by atoms with van der Waals surface area (Å²) in [4.78, 5) is 6.80. The van der Waals surface area contributed by atoms with Gasteiger partial charge in [-0.25, -0.2) is 0 Å². The second-order valence-electron chi connectivity index (χ2n) is 5.83. The number of tetrazole rings is 1. The van der Waals surface area contributed by atoms with E-state index in [1.54, 1.807) is 6.20 Å². The average molecular weight is 273 g/mol. The molecule has 2 aromatic heterocycles. The van der Waals surface area contributed by atoms with E-state index in [4.69, 9.17) is 0 Å². The van der Waals surface area contributed by atoms with Crippen LogP contribution in [-0.4, -0.2) is 50.2 Å². The van der Waals surface area contributed by atoms with E-state index in [0.29, 0.717) is 5.65 Å². The number of piperazine rings is 1. The molecule has 106 valence electrons. The summed E-state index contributed by atoms with van der Waals surface area (Å²) in [6.45, 7) is 3.03. The van der Waals surface area contributed by atoms with Crippen molar-refractivity contribution in [1.29, 1.82) is 0 Å². The van der Waals surface area contributed by atoms with Crippen molar-refractivity contribution in [2.24, 2.45) is 0 Å². The maximum atomic E-state index is 4.31. The quantitative estimate of drug-likeness (QED) is 0.822. The lowest BCUT2D eigenvalue weighted by molar-refractivity contribution is 0.238. The van der Waals surface area contributed by atoms with Gasteiger partial charge in [0.1, 0.15) is 0 Å². The molecule has 1 N–H and O–H groups in total. The van der Waals surface area contributed by atoms with Gasteiger partial charge in [-0.2, -0.15) is 4.52 Å². The molecule has 20 heavy (non-hydrogen) atoms. The van der Waals surface area contributed by atoms with Gasteiger partial charge in [-0.15, -0.1) is 5.10 Å². The molecule has 2 aromatic rings. The Hall–Kier alpha value is -1.76. The van der Waals surface area contributed by atoms with Crippen LogP contribution in [0.5, 0.6) is 0 Å². The Balaban J connectivity index is 1.79. The highest BCUT2D eigenvalue weighted by atomic mass is 15.5. The van der Waals surface area contributed by atoms with Crippen LogP contribution in [-0.2, 0) is 0 Å². The van der Waals surface area contributed by atoms with Gasteiger partial charge in [0.15, 0.2) is 11.5 Å². The van der Waals surface area contributed by atoms with Crippen LogP contribution in [0, 0.1) is 0 Å². The molecular formula is C13H19N7. The number of fused-ring (bicyclic) bond motifs is 1. The number of rotatable bonds is 1. The van der Waals surface area contributed by atoms with E-state index in [-0.39, 0.29) is 5.54 Å². The molecular weight excluding hydrogens is 254 g/mol. The summed E-state index contributed by atoms with van der Waals surface area (Å²) in [6.07, 6.45) is 10.0. The van der Waals surface area contributed by atoms with Crippen LogP contribution < -0.4 is 10.2 Å². The lowest BCUT2D eigenvalue weighted by Crippen LogP contribution is -2.62. The topological polar surface area (TPSA) is 71.2 Å². The summed E-state index contributed by atoms with van der Waals surface area (Å²) in [7, 11) is 0. The Kier molecular flexibility index (Phi) is 2.80. The van der Waals surface area contributed by atoms with Crippen molar-refractivity contribution in [3.8, 4) is 0 Å². The molecule has 0 radical (unpaired) electrons. The lowest BCUT2D eigenvalue weighted by atomic mass is 9.79. The van der Waals surface area contributed by atoms with Crippen molar-refractivity contribution in [2.75, 3.05) is 24.5 Å². The van der Waals surface area contributed by atoms with E-state index in [0.717, 1.165) is 25.5 Å². The first kappa shape index (κ1) is 12.0. The first-order valence-corrected chi connectivity index (χ1v) is 7.40. The second kappa shape index (κ2) is 4.66. The Morgan fingerprint density at radius 3 is 2.95 bits per heavy atom. The van der Waals surface area contributed by atoms with Gasteiger partial charge in [0.25, 0.3) is 0 Å². The smallest absolute Gasteiger partial charge is 0.199 e. The Morgan fingerprint density at radius 2 is 2.05 bits per heavy atom. The predicted octanol–water partition coefficient (Wildman–Crippen LogP) is 0.632.